The molecule has 0 aliphatic heterocycles. The number of benzene rings is 2. The highest BCUT2D eigenvalue weighted by molar-refractivity contribution is 7.91. The second-order valence-electron chi connectivity index (χ2n) is 6.67. The Morgan fingerprint density at radius 1 is 0.727 bits per heavy atom. The van der Waals surface area contributed by atoms with E-state index in [0.717, 1.165) is 18.4 Å². The zero-order valence-corrected chi connectivity index (χ0v) is 14.4. The highest BCUT2D eigenvalue weighted by atomic mass is 32.2. The fourth-order valence-corrected chi connectivity index (χ4v) is 3.24. The summed E-state index contributed by atoms with van der Waals surface area (Å²) in [5.41, 5.74) is 3.42. The van der Waals surface area contributed by atoms with Crippen molar-refractivity contribution < 1.29 is 8.42 Å². The molecular weight excluding hydrogens is 292 g/mol. The van der Waals surface area contributed by atoms with Gasteiger partial charge in [0.2, 0.25) is 0 Å². The van der Waals surface area contributed by atoms with E-state index in [1.165, 1.54) is 11.1 Å². The van der Waals surface area contributed by atoms with E-state index in [2.05, 4.69) is 24.3 Å². The molecule has 2 aromatic rings. The summed E-state index contributed by atoms with van der Waals surface area (Å²) in [6, 6.07) is 18.3. The van der Waals surface area contributed by atoms with E-state index in [9.17, 15) is 8.42 Å². The smallest absolute Gasteiger partial charge is 0.159 e. The first-order chi connectivity index (χ1) is 10.3. The van der Waals surface area contributed by atoms with Gasteiger partial charge in [-0.15, -0.1) is 0 Å². The third-order valence-electron chi connectivity index (χ3n) is 3.86. The van der Waals surface area contributed by atoms with Crippen LogP contribution in [0, 0.1) is 0 Å². The van der Waals surface area contributed by atoms with Gasteiger partial charge in [0.15, 0.2) is 9.84 Å². The van der Waals surface area contributed by atoms with E-state index < -0.39 is 14.6 Å². The molecule has 3 heteroatoms. The van der Waals surface area contributed by atoms with Crippen LogP contribution in [0.5, 0.6) is 0 Å². The lowest BCUT2D eigenvalue weighted by atomic mass is 10.0. The van der Waals surface area contributed by atoms with Gasteiger partial charge in [-0.2, -0.15) is 0 Å². The van der Waals surface area contributed by atoms with Crippen molar-refractivity contribution in [2.75, 3.05) is 0 Å². The van der Waals surface area contributed by atoms with E-state index in [1.807, 2.05) is 30.3 Å². The first-order valence-corrected chi connectivity index (χ1v) is 9.27. The van der Waals surface area contributed by atoms with Gasteiger partial charge in [0.25, 0.3) is 0 Å². The molecule has 0 radical (unpaired) electrons. The normalized spacial score (nSPS) is 12.3. The topological polar surface area (TPSA) is 34.1 Å². The molecule has 2 nitrogen and oxygen atoms in total. The Bertz CT molecular complexity index is 693. The molecule has 0 heterocycles. The molecule has 0 atom stereocenters. The van der Waals surface area contributed by atoms with Crippen LogP contribution in [0.2, 0.25) is 0 Å². The van der Waals surface area contributed by atoms with Crippen molar-refractivity contribution in [3.63, 3.8) is 0 Å². The van der Waals surface area contributed by atoms with Crippen LogP contribution in [-0.4, -0.2) is 13.2 Å². The summed E-state index contributed by atoms with van der Waals surface area (Å²) >= 11 is 0. The third-order valence-corrected chi connectivity index (χ3v) is 6.44. The summed E-state index contributed by atoms with van der Waals surface area (Å²) in [5, 5.41) is 0. The highest BCUT2D eigenvalue weighted by Gasteiger charge is 2.28. The fourth-order valence-electron chi connectivity index (χ4n) is 2.17. The van der Waals surface area contributed by atoms with Crippen LogP contribution in [0.25, 0.3) is 0 Å². The lowest BCUT2D eigenvalue weighted by Crippen LogP contribution is -2.29. The van der Waals surface area contributed by atoms with Crippen molar-refractivity contribution in [2.45, 2.75) is 44.1 Å². The van der Waals surface area contributed by atoms with Gasteiger partial charge in [0, 0.05) is 0 Å². The average molecular weight is 316 g/mol. The Labute approximate surface area is 134 Å². The predicted molar refractivity (Wildman–Crippen MR) is 92.7 cm³/mol. The Morgan fingerprint density at radius 2 is 1.18 bits per heavy atom. The standard InChI is InChI=1S/C19H24O2S/c1-19(2,3)22(20,21)15-18-13-11-17(12-14-18)10-9-16-7-5-4-6-8-16/h4-8,11-14H,9-10,15H2,1-3H3. The Balaban J connectivity index is 1.99. The van der Waals surface area contributed by atoms with E-state index in [1.54, 1.807) is 20.8 Å². The van der Waals surface area contributed by atoms with Crippen molar-refractivity contribution in [2.24, 2.45) is 0 Å². The zero-order chi connectivity index (χ0) is 16.2. The molecule has 0 N–H and O–H groups in total. The summed E-state index contributed by atoms with van der Waals surface area (Å²) in [6.07, 6.45) is 1.97. The van der Waals surface area contributed by atoms with Gasteiger partial charge in [-0.25, -0.2) is 8.42 Å². The molecule has 0 bridgehead atoms. The minimum absolute atomic E-state index is 0.107. The monoisotopic (exact) mass is 316 g/mol. The molecule has 2 rings (SSSR count). The van der Waals surface area contributed by atoms with Crippen LogP contribution in [0.15, 0.2) is 54.6 Å². The predicted octanol–water partition coefficient (Wildman–Crippen LogP) is 4.19. The number of hydrogen-bond acceptors (Lipinski definition) is 2. The molecular formula is C19H24O2S. The molecule has 0 saturated carbocycles. The maximum atomic E-state index is 12.2. The Hall–Kier alpha value is -1.61. The van der Waals surface area contributed by atoms with Crippen molar-refractivity contribution in [3.05, 3.63) is 71.3 Å². The maximum absolute atomic E-state index is 12.2. The molecule has 118 valence electrons. The Morgan fingerprint density at radius 3 is 1.68 bits per heavy atom. The summed E-state index contributed by atoms with van der Waals surface area (Å²) in [6.45, 7) is 5.24. The van der Waals surface area contributed by atoms with Gasteiger partial charge in [-0.05, 0) is 50.3 Å². The first kappa shape index (κ1) is 16.8. The van der Waals surface area contributed by atoms with Crippen LogP contribution < -0.4 is 0 Å². The number of rotatable bonds is 5. The fraction of sp³-hybridized carbons (Fsp3) is 0.368. The zero-order valence-electron chi connectivity index (χ0n) is 13.5. The minimum Gasteiger partial charge on any atom is -0.228 e. The first-order valence-electron chi connectivity index (χ1n) is 7.62. The number of aryl methyl sites for hydroxylation is 2. The quantitative estimate of drug-likeness (QED) is 0.829. The molecule has 0 unspecified atom stereocenters. The van der Waals surface area contributed by atoms with E-state index in [-0.39, 0.29) is 5.75 Å². The van der Waals surface area contributed by atoms with Crippen molar-refractivity contribution in [1.82, 2.24) is 0 Å². The molecule has 0 fully saturated rings. The van der Waals surface area contributed by atoms with E-state index in [0.29, 0.717) is 0 Å². The van der Waals surface area contributed by atoms with Crippen LogP contribution in [0.3, 0.4) is 0 Å². The molecule has 0 saturated heterocycles. The molecule has 22 heavy (non-hydrogen) atoms. The summed E-state index contributed by atoms with van der Waals surface area (Å²) < 4.78 is 23.7. The molecule has 0 amide bonds. The van der Waals surface area contributed by atoms with Crippen molar-refractivity contribution >= 4 is 9.84 Å². The van der Waals surface area contributed by atoms with Crippen LogP contribution in [0.4, 0.5) is 0 Å². The molecule has 2 aromatic carbocycles. The SMILES string of the molecule is CC(C)(C)S(=O)(=O)Cc1ccc(CCc2ccccc2)cc1. The van der Waals surface area contributed by atoms with Gasteiger partial charge in [-0.1, -0.05) is 54.6 Å². The number of sulfone groups is 1. The van der Waals surface area contributed by atoms with Crippen LogP contribution >= 0.6 is 0 Å². The third kappa shape index (κ3) is 4.44. The van der Waals surface area contributed by atoms with Gasteiger partial charge < -0.3 is 0 Å². The summed E-state index contributed by atoms with van der Waals surface area (Å²) in [5.74, 6) is 0.107. The van der Waals surface area contributed by atoms with Crippen LogP contribution in [0.1, 0.15) is 37.5 Å². The highest BCUT2D eigenvalue weighted by Crippen LogP contribution is 2.21. The molecule has 0 aliphatic rings. The number of hydrogen-bond donors (Lipinski definition) is 0. The summed E-state index contributed by atoms with van der Waals surface area (Å²) in [4.78, 5) is 0. The van der Waals surface area contributed by atoms with Crippen molar-refractivity contribution in [1.29, 1.82) is 0 Å². The van der Waals surface area contributed by atoms with Gasteiger partial charge in [-0.3, -0.25) is 0 Å². The lowest BCUT2D eigenvalue weighted by molar-refractivity contribution is 0.559. The second-order valence-corrected chi connectivity index (χ2v) is 9.42. The molecule has 0 aromatic heterocycles. The largest absolute Gasteiger partial charge is 0.228 e. The summed E-state index contributed by atoms with van der Waals surface area (Å²) in [7, 11) is -3.12. The Kier molecular flexibility index (Phi) is 5.07. The maximum Gasteiger partial charge on any atom is 0.159 e. The van der Waals surface area contributed by atoms with Crippen LogP contribution in [-0.2, 0) is 28.4 Å². The van der Waals surface area contributed by atoms with Crippen molar-refractivity contribution in [3.8, 4) is 0 Å². The van der Waals surface area contributed by atoms with Gasteiger partial charge in [0.05, 0.1) is 10.5 Å². The average Bonchev–Trinajstić information content (AvgIpc) is 2.46. The van der Waals surface area contributed by atoms with Gasteiger partial charge in [0.1, 0.15) is 0 Å². The molecule has 0 spiro atoms. The van der Waals surface area contributed by atoms with E-state index >= 15 is 0 Å². The second kappa shape index (κ2) is 6.66. The van der Waals surface area contributed by atoms with E-state index in [4.69, 9.17) is 0 Å². The van der Waals surface area contributed by atoms with Gasteiger partial charge >= 0.3 is 0 Å². The lowest BCUT2D eigenvalue weighted by Gasteiger charge is -2.19. The minimum atomic E-state index is -3.12. The molecule has 0 aliphatic carbocycles.